The summed E-state index contributed by atoms with van der Waals surface area (Å²) in [7, 11) is 0. The lowest BCUT2D eigenvalue weighted by atomic mass is 9.90. The summed E-state index contributed by atoms with van der Waals surface area (Å²) in [5, 5.41) is 10.00. The van der Waals surface area contributed by atoms with Crippen LogP contribution in [0.2, 0.25) is 0 Å². The molecule has 0 atom stereocenters. The molecule has 0 saturated heterocycles. The van der Waals surface area contributed by atoms with Gasteiger partial charge in [0.05, 0.1) is 22.4 Å². The van der Waals surface area contributed by atoms with Crippen LogP contribution in [0.4, 0.5) is 0 Å². The Labute approximate surface area is 319 Å². The summed E-state index contributed by atoms with van der Waals surface area (Å²) in [6.45, 7) is 0. The highest BCUT2D eigenvalue weighted by Gasteiger charge is 2.16. The van der Waals surface area contributed by atoms with Gasteiger partial charge in [-0.15, -0.1) is 0 Å². The zero-order valence-corrected chi connectivity index (χ0v) is 30.0. The Kier molecular flexibility index (Phi) is 7.21. The fraction of sp³-hybridized carbons (Fsp3) is 0. The van der Waals surface area contributed by atoms with Crippen LogP contribution in [0.3, 0.4) is 0 Å². The lowest BCUT2D eigenvalue weighted by molar-refractivity contribution is 1.18. The number of pyridine rings is 1. The Bertz CT molecular complexity index is 3180. The normalized spacial score (nSPS) is 11.6. The van der Waals surface area contributed by atoms with Crippen molar-refractivity contribution in [2.75, 3.05) is 0 Å². The Balaban J connectivity index is 1.10. The van der Waals surface area contributed by atoms with Crippen LogP contribution >= 0.6 is 0 Å². The average molecular weight is 699 g/mol. The van der Waals surface area contributed by atoms with Crippen molar-refractivity contribution in [2.45, 2.75) is 0 Å². The van der Waals surface area contributed by atoms with Gasteiger partial charge in [-0.05, 0) is 109 Å². The zero-order chi connectivity index (χ0) is 36.3. The highest BCUT2D eigenvalue weighted by atomic mass is 15.0. The summed E-state index contributed by atoms with van der Waals surface area (Å²) < 4.78 is 2.37. The van der Waals surface area contributed by atoms with E-state index in [-0.39, 0.29) is 0 Å². The molecule has 2 nitrogen and oxygen atoms in total. The van der Waals surface area contributed by atoms with E-state index in [4.69, 9.17) is 4.98 Å². The summed E-state index contributed by atoms with van der Waals surface area (Å²) >= 11 is 0. The molecule has 0 fully saturated rings. The molecule has 0 spiro atoms. The fourth-order valence-corrected chi connectivity index (χ4v) is 8.54. The number of hydrogen-bond donors (Lipinski definition) is 0. The number of rotatable bonds is 5. The van der Waals surface area contributed by atoms with Crippen molar-refractivity contribution in [1.29, 1.82) is 0 Å². The van der Waals surface area contributed by atoms with Crippen LogP contribution in [0.15, 0.2) is 206 Å². The topological polar surface area (TPSA) is 17.8 Å². The number of aromatic nitrogens is 2. The van der Waals surface area contributed by atoms with Gasteiger partial charge in [0.25, 0.3) is 0 Å². The molecule has 0 aliphatic heterocycles. The van der Waals surface area contributed by atoms with Crippen molar-refractivity contribution in [2.24, 2.45) is 0 Å². The van der Waals surface area contributed by atoms with E-state index in [0.717, 1.165) is 28.1 Å². The maximum absolute atomic E-state index is 5.27. The molecule has 55 heavy (non-hydrogen) atoms. The molecule has 11 rings (SSSR count). The largest absolute Gasteiger partial charge is 0.309 e. The molecule has 0 unspecified atom stereocenters. The van der Waals surface area contributed by atoms with Crippen molar-refractivity contribution in [3.8, 4) is 50.5 Å². The molecule has 2 heterocycles. The van der Waals surface area contributed by atoms with Gasteiger partial charge >= 0.3 is 0 Å². The molecule has 0 bridgehead atoms. The number of benzene rings is 9. The number of fused-ring (bicyclic) bond motifs is 9. The second-order valence-electron chi connectivity index (χ2n) is 14.3. The Morgan fingerprint density at radius 2 is 0.709 bits per heavy atom. The average Bonchev–Trinajstić information content (AvgIpc) is 3.60. The molecule has 0 radical (unpaired) electrons. The monoisotopic (exact) mass is 698 g/mol. The van der Waals surface area contributed by atoms with Crippen LogP contribution in [0.1, 0.15) is 0 Å². The first-order valence-corrected chi connectivity index (χ1v) is 18.9. The summed E-state index contributed by atoms with van der Waals surface area (Å²) in [4.78, 5) is 5.27. The van der Waals surface area contributed by atoms with Gasteiger partial charge in [0.1, 0.15) is 0 Å². The molecule has 0 aliphatic rings. The smallest absolute Gasteiger partial charge is 0.0715 e. The van der Waals surface area contributed by atoms with Gasteiger partial charge in [0, 0.05) is 27.6 Å². The third kappa shape index (κ3) is 5.22. The van der Waals surface area contributed by atoms with Gasteiger partial charge in [-0.3, -0.25) is 0 Å². The SMILES string of the molecule is c1ccc(-c2cc(-c3ccccc3)nc(-c3ccc4c5ccccc5c5cc(-c6ccc7c(c6)c6ccccc6n7-c6ccccc6)ccc5c4c3)c2)cc1. The van der Waals surface area contributed by atoms with Gasteiger partial charge in [0.2, 0.25) is 0 Å². The second-order valence-corrected chi connectivity index (χ2v) is 14.3. The molecule has 256 valence electrons. The van der Waals surface area contributed by atoms with E-state index < -0.39 is 0 Å². The van der Waals surface area contributed by atoms with E-state index in [1.807, 2.05) is 0 Å². The number of nitrogens with zero attached hydrogens (tertiary/aromatic N) is 2. The Morgan fingerprint density at radius 3 is 1.42 bits per heavy atom. The van der Waals surface area contributed by atoms with Crippen molar-refractivity contribution in [3.63, 3.8) is 0 Å². The van der Waals surface area contributed by atoms with Crippen LogP contribution in [0, 0.1) is 0 Å². The zero-order valence-electron chi connectivity index (χ0n) is 30.0. The lowest BCUT2D eigenvalue weighted by Crippen LogP contribution is -1.93. The Hall–Kier alpha value is -7.29. The van der Waals surface area contributed by atoms with Crippen molar-refractivity contribution < 1.29 is 0 Å². The van der Waals surface area contributed by atoms with Crippen LogP contribution in [0.25, 0.3) is 105 Å². The first-order chi connectivity index (χ1) is 27.3. The number of para-hydroxylation sites is 2. The highest BCUT2D eigenvalue weighted by molar-refractivity contribution is 6.26. The number of hydrogen-bond acceptors (Lipinski definition) is 1. The quantitative estimate of drug-likeness (QED) is 0.164. The maximum atomic E-state index is 5.27. The standard InChI is InChI=1S/C53H34N2/c1-4-14-35(15-5-1)40-33-50(36-16-6-2-7-17-36)54-51(34-40)39-25-28-44-42-20-10-11-21-43(42)47-30-37(24-27-45(47)48(44)32-39)38-26-29-53-49(31-38)46-22-12-13-23-52(46)55(53)41-18-8-3-9-19-41/h1-34H. The molecule has 0 amide bonds. The van der Waals surface area contributed by atoms with Crippen molar-refractivity contribution in [3.05, 3.63) is 206 Å². The van der Waals surface area contributed by atoms with Crippen molar-refractivity contribution in [1.82, 2.24) is 9.55 Å². The summed E-state index contributed by atoms with van der Waals surface area (Å²) in [6, 6.07) is 74.6. The molecule has 11 aromatic rings. The van der Waals surface area contributed by atoms with E-state index in [1.54, 1.807) is 0 Å². The van der Waals surface area contributed by atoms with Crippen LogP contribution in [-0.4, -0.2) is 9.55 Å². The molecule has 2 heteroatoms. The highest BCUT2D eigenvalue weighted by Crippen LogP contribution is 2.41. The van der Waals surface area contributed by atoms with E-state index >= 15 is 0 Å². The predicted molar refractivity (Wildman–Crippen MR) is 233 cm³/mol. The fourth-order valence-electron chi connectivity index (χ4n) is 8.54. The predicted octanol–water partition coefficient (Wildman–Crippen LogP) is 14.3. The van der Waals surface area contributed by atoms with E-state index in [1.165, 1.54) is 76.5 Å². The molecule has 2 aromatic heterocycles. The minimum absolute atomic E-state index is 0.961. The minimum Gasteiger partial charge on any atom is -0.309 e. The van der Waals surface area contributed by atoms with Crippen LogP contribution in [0.5, 0.6) is 0 Å². The third-order valence-corrected chi connectivity index (χ3v) is 11.2. The minimum atomic E-state index is 0.961. The maximum Gasteiger partial charge on any atom is 0.0715 e. The van der Waals surface area contributed by atoms with Crippen molar-refractivity contribution >= 4 is 54.1 Å². The van der Waals surface area contributed by atoms with Gasteiger partial charge in [-0.25, -0.2) is 4.98 Å². The first-order valence-electron chi connectivity index (χ1n) is 18.9. The molecule has 0 saturated carbocycles. The summed E-state index contributed by atoms with van der Waals surface area (Å²) in [5.74, 6) is 0. The molecule has 0 aliphatic carbocycles. The summed E-state index contributed by atoms with van der Waals surface area (Å²) in [5.41, 5.74) is 12.5. The van der Waals surface area contributed by atoms with E-state index in [0.29, 0.717) is 0 Å². The van der Waals surface area contributed by atoms with Gasteiger partial charge in [0.15, 0.2) is 0 Å². The van der Waals surface area contributed by atoms with Gasteiger partial charge in [-0.2, -0.15) is 0 Å². The Morgan fingerprint density at radius 1 is 0.255 bits per heavy atom. The molecule has 9 aromatic carbocycles. The summed E-state index contributed by atoms with van der Waals surface area (Å²) in [6.07, 6.45) is 0. The molecular weight excluding hydrogens is 665 g/mol. The first kappa shape index (κ1) is 31.3. The van der Waals surface area contributed by atoms with E-state index in [2.05, 4.69) is 211 Å². The molecule has 0 N–H and O–H groups in total. The van der Waals surface area contributed by atoms with Crippen LogP contribution < -0.4 is 0 Å². The van der Waals surface area contributed by atoms with E-state index in [9.17, 15) is 0 Å². The third-order valence-electron chi connectivity index (χ3n) is 11.2. The van der Waals surface area contributed by atoms with Crippen LogP contribution in [-0.2, 0) is 0 Å². The van der Waals surface area contributed by atoms with Gasteiger partial charge < -0.3 is 4.57 Å². The second kappa shape index (κ2) is 12.7. The molecular formula is C53H34N2. The lowest BCUT2D eigenvalue weighted by Gasteiger charge is -2.14. The van der Waals surface area contributed by atoms with Gasteiger partial charge in [-0.1, -0.05) is 152 Å².